The number of hydrogen-bond donors (Lipinski definition) is 0. The van der Waals surface area contributed by atoms with Crippen LogP contribution in [0, 0.1) is 7.14 Å². The average molecular weight is 391 g/mol. The van der Waals surface area contributed by atoms with Crippen LogP contribution < -0.4 is 4.74 Å². The van der Waals surface area contributed by atoms with Gasteiger partial charge in [-0.05, 0) is 0 Å². The first kappa shape index (κ1) is 11.9. The molecular weight excluding hydrogens is 379 g/mol. The summed E-state index contributed by atoms with van der Waals surface area (Å²) < 4.78 is 7.96. The SMILES string of the molecule is COc1ccc(I(Br)c2ccccc2)cc1. The molecule has 0 aliphatic carbocycles. The molecule has 0 amide bonds. The fraction of sp³-hybridized carbons (Fsp3) is 0.0769. The van der Waals surface area contributed by atoms with E-state index in [0.717, 1.165) is 5.75 Å². The van der Waals surface area contributed by atoms with Crippen molar-refractivity contribution < 1.29 is 4.74 Å². The summed E-state index contributed by atoms with van der Waals surface area (Å²) in [5.41, 5.74) is 0. The Bertz CT molecular complexity index is 441. The zero-order chi connectivity index (χ0) is 11.4. The summed E-state index contributed by atoms with van der Waals surface area (Å²) in [6, 6.07) is 18.9. The number of ether oxygens (including phenoxy) is 1. The third-order valence-electron chi connectivity index (χ3n) is 2.17. The van der Waals surface area contributed by atoms with Crippen molar-refractivity contribution >= 4 is 30.3 Å². The molecule has 0 saturated carbocycles. The van der Waals surface area contributed by atoms with Gasteiger partial charge in [-0.1, -0.05) is 0 Å². The minimum absolute atomic E-state index is 0.911. The van der Waals surface area contributed by atoms with Gasteiger partial charge in [0.15, 0.2) is 0 Å². The summed E-state index contributed by atoms with van der Waals surface area (Å²) in [4.78, 5) is 0. The molecule has 2 aromatic rings. The molecule has 0 radical (unpaired) electrons. The topological polar surface area (TPSA) is 9.23 Å². The average Bonchev–Trinajstić information content (AvgIpc) is 2.39. The zero-order valence-electron chi connectivity index (χ0n) is 8.86. The van der Waals surface area contributed by atoms with E-state index in [1.165, 1.54) is 7.14 Å². The Kier molecular flexibility index (Phi) is 4.23. The Morgan fingerprint density at radius 1 is 0.875 bits per heavy atom. The fourth-order valence-corrected chi connectivity index (χ4v) is 6.77. The molecule has 0 atom stereocenters. The van der Waals surface area contributed by atoms with E-state index in [9.17, 15) is 0 Å². The molecule has 0 unspecified atom stereocenters. The van der Waals surface area contributed by atoms with E-state index in [-0.39, 0.29) is 0 Å². The first-order chi connectivity index (χ1) is 7.81. The first-order valence-electron chi connectivity index (χ1n) is 4.87. The molecule has 3 heteroatoms. The van der Waals surface area contributed by atoms with E-state index in [4.69, 9.17) is 4.74 Å². The van der Waals surface area contributed by atoms with Crippen molar-refractivity contribution in [1.29, 1.82) is 0 Å². The molecule has 2 aromatic carbocycles. The van der Waals surface area contributed by atoms with Crippen molar-refractivity contribution in [3.63, 3.8) is 0 Å². The van der Waals surface area contributed by atoms with E-state index in [1.807, 2.05) is 12.1 Å². The zero-order valence-corrected chi connectivity index (χ0v) is 12.6. The summed E-state index contributed by atoms with van der Waals surface area (Å²) >= 11 is 2.48. The van der Waals surface area contributed by atoms with Gasteiger partial charge in [0, 0.05) is 0 Å². The second-order valence-electron chi connectivity index (χ2n) is 3.19. The molecule has 0 saturated heterocycles. The minimum atomic E-state index is -1.38. The van der Waals surface area contributed by atoms with Gasteiger partial charge in [0.05, 0.1) is 0 Å². The van der Waals surface area contributed by atoms with Crippen LogP contribution in [0.5, 0.6) is 5.75 Å². The van der Waals surface area contributed by atoms with Gasteiger partial charge in [-0.3, -0.25) is 0 Å². The van der Waals surface area contributed by atoms with Crippen molar-refractivity contribution in [1.82, 2.24) is 0 Å². The first-order valence-corrected chi connectivity index (χ1v) is 11.9. The van der Waals surface area contributed by atoms with Crippen molar-refractivity contribution in [2.45, 2.75) is 0 Å². The van der Waals surface area contributed by atoms with Crippen molar-refractivity contribution in [3.8, 4) is 5.75 Å². The number of rotatable bonds is 3. The van der Waals surface area contributed by atoms with Gasteiger partial charge < -0.3 is 0 Å². The van der Waals surface area contributed by atoms with Gasteiger partial charge in [-0.25, -0.2) is 0 Å². The Morgan fingerprint density at radius 3 is 2.00 bits per heavy atom. The van der Waals surface area contributed by atoms with Crippen LogP contribution in [0.3, 0.4) is 0 Å². The second-order valence-corrected chi connectivity index (χ2v) is 11.1. The Morgan fingerprint density at radius 2 is 1.44 bits per heavy atom. The van der Waals surface area contributed by atoms with E-state index in [0.29, 0.717) is 0 Å². The van der Waals surface area contributed by atoms with Crippen LogP contribution in [0.15, 0.2) is 54.6 Å². The summed E-state index contributed by atoms with van der Waals surface area (Å²) in [7, 11) is 1.69. The molecule has 0 aliphatic rings. The Balaban J connectivity index is 2.24. The molecule has 1 nitrogen and oxygen atoms in total. The summed E-state index contributed by atoms with van der Waals surface area (Å²) in [5.74, 6) is 0.911. The summed E-state index contributed by atoms with van der Waals surface area (Å²) in [6.45, 7) is 0. The Labute approximate surface area is 109 Å². The van der Waals surface area contributed by atoms with Crippen LogP contribution in [0.25, 0.3) is 0 Å². The van der Waals surface area contributed by atoms with Crippen LogP contribution in [0.2, 0.25) is 0 Å². The molecule has 84 valence electrons. The molecule has 0 N–H and O–H groups in total. The number of halogens is 2. The molecule has 2 rings (SSSR count). The monoisotopic (exact) mass is 390 g/mol. The number of benzene rings is 2. The van der Waals surface area contributed by atoms with Gasteiger partial charge in [0.2, 0.25) is 0 Å². The maximum atomic E-state index is 5.16. The van der Waals surface area contributed by atoms with Crippen LogP contribution in [-0.4, -0.2) is 7.11 Å². The van der Waals surface area contributed by atoms with Crippen molar-refractivity contribution in [3.05, 3.63) is 61.7 Å². The van der Waals surface area contributed by atoms with Gasteiger partial charge in [-0.15, -0.1) is 0 Å². The van der Waals surface area contributed by atoms with Crippen LogP contribution in [0.1, 0.15) is 0 Å². The molecule has 0 heterocycles. The van der Waals surface area contributed by atoms with E-state index in [2.05, 4.69) is 55.2 Å². The van der Waals surface area contributed by atoms with Crippen LogP contribution in [-0.2, 0) is 0 Å². The maximum absolute atomic E-state index is 5.16. The molecular formula is C13H12BrIO. The molecule has 0 fully saturated rings. The van der Waals surface area contributed by atoms with E-state index in [1.54, 1.807) is 7.11 Å². The Hall–Kier alpha value is -0.550. The molecule has 0 spiro atoms. The van der Waals surface area contributed by atoms with Gasteiger partial charge in [0.25, 0.3) is 0 Å². The quantitative estimate of drug-likeness (QED) is 0.698. The third kappa shape index (κ3) is 2.77. The number of methoxy groups -OCH3 is 1. The van der Waals surface area contributed by atoms with E-state index < -0.39 is 17.6 Å². The molecule has 0 aromatic heterocycles. The number of hydrogen-bond acceptors (Lipinski definition) is 1. The van der Waals surface area contributed by atoms with Gasteiger partial charge >= 0.3 is 110 Å². The van der Waals surface area contributed by atoms with Crippen LogP contribution >= 0.6 is 30.3 Å². The van der Waals surface area contributed by atoms with Crippen LogP contribution in [0.4, 0.5) is 0 Å². The predicted molar refractivity (Wildman–Crippen MR) is 79.8 cm³/mol. The molecule has 0 aliphatic heterocycles. The van der Waals surface area contributed by atoms with Crippen molar-refractivity contribution in [2.75, 3.05) is 7.11 Å². The fourth-order valence-electron chi connectivity index (χ4n) is 1.33. The standard InChI is InChI=1S/C13H12BrIO/c1-16-13-9-7-12(8-10-13)15(14)11-5-3-2-4-6-11/h2-10H,1H3. The summed E-state index contributed by atoms with van der Waals surface area (Å²) in [5, 5.41) is 0. The predicted octanol–water partition coefficient (Wildman–Crippen LogP) is 4.55. The van der Waals surface area contributed by atoms with Gasteiger partial charge in [-0.2, -0.15) is 0 Å². The summed E-state index contributed by atoms with van der Waals surface area (Å²) in [6.07, 6.45) is 0. The van der Waals surface area contributed by atoms with Gasteiger partial charge in [0.1, 0.15) is 0 Å². The van der Waals surface area contributed by atoms with E-state index >= 15 is 0 Å². The third-order valence-corrected chi connectivity index (χ3v) is 10.4. The molecule has 16 heavy (non-hydrogen) atoms. The van der Waals surface area contributed by atoms with Crippen molar-refractivity contribution in [2.24, 2.45) is 0 Å². The molecule has 0 bridgehead atoms. The normalized spacial score (nSPS) is 11.0. The second kappa shape index (κ2) is 5.68.